The van der Waals surface area contributed by atoms with Crippen molar-refractivity contribution < 1.29 is 0 Å². The number of thioether (sulfide) groups is 2. The molecule has 0 radical (unpaired) electrons. The first-order chi connectivity index (χ1) is 7.74. The van der Waals surface area contributed by atoms with Gasteiger partial charge in [0.2, 0.25) is 0 Å². The minimum absolute atomic E-state index is 0.511. The molecule has 88 valence electrons. The first kappa shape index (κ1) is 13.7. The van der Waals surface area contributed by atoms with E-state index in [0.717, 1.165) is 28.8 Å². The lowest BCUT2D eigenvalue weighted by Gasteiger charge is -2.05. The maximum Gasteiger partial charge on any atom is 0.153 e. The van der Waals surface area contributed by atoms with Gasteiger partial charge in [0.25, 0.3) is 0 Å². The molecule has 0 aliphatic rings. The van der Waals surface area contributed by atoms with Gasteiger partial charge >= 0.3 is 0 Å². The lowest BCUT2D eigenvalue weighted by atomic mass is 10.4. The highest BCUT2D eigenvalue weighted by atomic mass is 35.5. The summed E-state index contributed by atoms with van der Waals surface area (Å²) in [6, 6.07) is 3.68. The van der Waals surface area contributed by atoms with Crippen LogP contribution >= 0.6 is 35.1 Å². The maximum atomic E-state index is 7.38. The number of halogens is 1. The second-order valence-corrected chi connectivity index (χ2v) is 5.27. The van der Waals surface area contributed by atoms with Crippen LogP contribution in [0, 0.1) is 5.41 Å². The van der Waals surface area contributed by atoms with Crippen LogP contribution in [0.4, 0.5) is 0 Å². The summed E-state index contributed by atoms with van der Waals surface area (Å²) >= 11 is 9.15. The molecule has 0 saturated heterocycles. The molecule has 0 amide bonds. The van der Waals surface area contributed by atoms with Crippen molar-refractivity contribution in [3.63, 3.8) is 0 Å². The molecule has 0 atom stereocenters. The minimum Gasteiger partial charge on any atom is -0.364 e. The van der Waals surface area contributed by atoms with Crippen molar-refractivity contribution in [1.29, 1.82) is 5.41 Å². The van der Waals surface area contributed by atoms with Gasteiger partial charge in [0, 0.05) is 24.2 Å². The van der Waals surface area contributed by atoms with Crippen LogP contribution in [0.3, 0.4) is 0 Å². The lowest BCUT2D eigenvalue weighted by molar-refractivity contribution is 0.984. The molecule has 2 N–H and O–H groups in total. The van der Waals surface area contributed by atoms with Crippen molar-refractivity contribution in [3.8, 4) is 0 Å². The lowest BCUT2D eigenvalue weighted by Crippen LogP contribution is -2.21. The predicted molar refractivity (Wildman–Crippen MR) is 74.7 cm³/mol. The molecule has 0 aliphatic carbocycles. The Morgan fingerprint density at radius 1 is 1.62 bits per heavy atom. The third-order valence-corrected chi connectivity index (χ3v) is 3.68. The molecule has 0 unspecified atom stereocenters. The molecule has 1 heterocycles. The van der Waals surface area contributed by atoms with Crippen LogP contribution in [0.25, 0.3) is 0 Å². The Labute approximate surface area is 109 Å². The van der Waals surface area contributed by atoms with Crippen LogP contribution < -0.4 is 5.32 Å². The molecule has 0 aliphatic heterocycles. The van der Waals surface area contributed by atoms with Crippen molar-refractivity contribution in [3.05, 3.63) is 29.0 Å². The normalized spacial score (nSPS) is 10.1. The van der Waals surface area contributed by atoms with Gasteiger partial charge in [0.05, 0.1) is 10.7 Å². The van der Waals surface area contributed by atoms with E-state index in [2.05, 4.69) is 10.3 Å². The Kier molecular flexibility index (Phi) is 6.68. The Hall–Kier alpha value is -0.390. The molecular weight excluding hydrogens is 262 g/mol. The molecule has 0 saturated carbocycles. The van der Waals surface area contributed by atoms with Crippen LogP contribution in [0.2, 0.25) is 5.02 Å². The summed E-state index contributed by atoms with van der Waals surface area (Å²) in [5.74, 6) is 1.75. The summed E-state index contributed by atoms with van der Waals surface area (Å²) in [4.78, 5) is 4.21. The molecule has 1 aromatic heterocycles. The molecule has 0 bridgehead atoms. The minimum atomic E-state index is 0.511. The van der Waals surface area contributed by atoms with Crippen molar-refractivity contribution >= 4 is 40.3 Å². The summed E-state index contributed by atoms with van der Waals surface area (Å²) in [5.41, 5.74) is 0.925. The van der Waals surface area contributed by atoms with E-state index in [1.165, 1.54) is 11.8 Å². The quantitative estimate of drug-likeness (QED) is 0.493. The smallest absolute Gasteiger partial charge is 0.153 e. The van der Waals surface area contributed by atoms with Gasteiger partial charge in [-0.1, -0.05) is 23.4 Å². The first-order valence-corrected chi connectivity index (χ1v) is 7.53. The SMILES string of the molecule is CSC(=N)NCCSCc1ncccc1Cl. The van der Waals surface area contributed by atoms with Crippen molar-refractivity contribution in [2.45, 2.75) is 5.75 Å². The number of hydrogen-bond donors (Lipinski definition) is 2. The average molecular weight is 276 g/mol. The van der Waals surface area contributed by atoms with Gasteiger partial charge in [-0.05, 0) is 18.4 Å². The molecule has 1 rings (SSSR count). The fraction of sp³-hybridized carbons (Fsp3) is 0.400. The number of nitrogens with one attached hydrogen (secondary N) is 2. The Morgan fingerprint density at radius 2 is 2.44 bits per heavy atom. The first-order valence-electron chi connectivity index (χ1n) is 4.77. The van der Waals surface area contributed by atoms with Crippen LogP contribution in [0.5, 0.6) is 0 Å². The number of rotatable bonds is 5. The van der Waals surface area contributed by atoms with E-state index < -0.39 is 0 Å². The van der Waals surface area contributed by atoms with Crippen molar-refractivity contribution in [2.24, 2.45) is 0 Å². The summed E-state index contributed by atoms with van der Waals surface area (Å²) in [7, 11) is 0. The highest BCUT2D eigenvalue weighted by molar-refractivity contribution is 8.13. The van der Waals surface area contributed by atoms with E-state index in [1.807, 2.05) is 18.4 Å². The van der Waals surface area contributed by atoms with Crippen LogP contribution in [0.1, 0.15) is 5.69 Å². The Bertz CT molecular complexity index is 347. The second kappa shape index (κ2) is 7.81. The summed E-state index contributed by atoms with van der Waals surface area (Å²) in [6.07, 6.45) is 3.64. The van der Waals surface area contributed by atoms with Crippen LogP contribution in [0.15, 0.2) is 18.3 Å². The zero-order chi connectivity index (χ0) is 11.8. The summed E-state index contributed by atoms with van der Waals surface area (Å²) < 4.78 is 0. The van der Waals surface area contributed by atoms with Crippen LogP contribution in [-0.4, -0.2) is 28.7 Å². The third kappa shape index (κ3) is 5.09. The maximum absolute atomic E-state index is 7.38. The molecule has 6 heteroatoms. The third-order valence-electron chi connectivity index (χ3n) is 1.81. The number of amidine groups is 1. The zero-order valence-electron chi connectivity index (χ0n) is 9.00. The molecule has 16 heavy (non-hydrogen) atoms. The molecule has 0 spiro atoms. The largest absolute Gasteiger partial charge is 0.364 e. The van der Waals surface area contributed by atoms with E-state index in [0.29, 0.717) is 5.17 Å². The fourth-order valence-electron chi connectivity index (χ4n) is 1.00. The average Bonchev–Trinajstić information content (AvgIpc) is 2.30. The van der Waals surface area contributed by atoms with E-state index in [1.54, 1.807) is 18.0 Å². The number of pyridine rings is 1. The van der Waals surface area contributed by atoms with E-state index in [4.69, 9.17) is 17.0 Å². The number of aromatic nitrogens is 1. The number of nitrogens with zero attached hydrogens (tertiary/aromatic N) is 1. The molecule has 0 fully saturated rings. The van der Waals surface area contributed by atoms with Gasteiger partial charge in [-0.2, -0.15) is 11.8 Å². The monoisotopic (exact) mass is 275 g/mol. The highest BCUT2D eigenvalue weighted by Crippen LogP contribution is 2.17. The van der Waals surface area contributed by atoms with Gasteiger partial charge in [0.15, 0.2) is 5.17 Å². The topological polar surface area (TPSA) is 48.8 Å². The van der Waals surface area contributed by atoms with E-state index in [9.17, 15) is 0 Å². The Balaban J connectivity index is 2.17. The summed E-state index contributed by atoms with van der Waals surface area (Å²) in [6.45, 7) is 0.800. The van der Waals surface area contributed by atoms with Gasteiger partial charge in [-0.15, -0.1) is 0 Å². The summed E-state index contributed by atoms with van der Waals surface area (Å²) in [5, 5.41) is 11.6. The molecule has 0 aromatic carbocycles. The van der Waals surface area contributed by atoms with E-state index in [-0.39, 0.29) is 0 Å². The van der Waals surface area contributed by atoms with Crippen molar-refractivity contribution in [2.75, 3.05) is 18.6 Å². The molecule has 3 nitrogen and oxygen atoms in total. The highest BCUT2D eigenvalue weighted by Gasteiger charge is 2.00. The zero-order valence-corrected chi connectivity index (χ0v) is 11.4. The molecule has 1 aromatic rings. The molecular formula is C10H14ClN3S2. The fourth-order valence-corrected chi connectivity index (χ4v) is 2.33. The van der Waals surface area contributed by atoms with Crippen LogP contribution in [-0.2, 0) is 5.75 Å². The van der Waals surface area contributed by atoms with Gasteiger partial charge in [-0.25, -0.2) is 0 Å². The Morgan fingerprint density at radius 3 is 3.12 bits per heavy atom. The van der Waals surface area contributed by atoms with Crippen molar-refractivity contribution in [1.82, 2.24) is 10.3 Å². The standard InChI is InChI=1S/C10H14ClN3S2/c1-15-10(12)14-5-6-16-7-9-8(11)3-2-4-13-9/h2-4H,5-7H2,1H3,(H2,12,14). The van der Waals surface area contributed by atoms with E-state index >= 15 is 0 Å². The number of hydrogen-bond acceptors (Lipinski definition) is 4. The van der Waals surface area contributed by atoms with Gasteiger partial charge < -0.3 is 5.32 Å². The van der Waals surface area contributed by atoms with Gasteiger partial charge in [-0.3, -0.25) is 10.4 Å². The second-order valence-electron chi connectivity index (χ2n) is 2.94. The predicted octanol–water partition coefficient (Wildman–Crippen LogP) is 2.86. The van der Waals surface area contributed by atoms with Gasteiger partial charge in [0.1, 0.15) is 0 Å².